The van der Waals surface area contributed by atoms with Crippen LogP contribution in [0.15, 0.2) is 42.5 Å². The second kappa shape index (κ2) is 7.31. The molecule has 0 spiro atoms. The van der Waals surface area contributed by atoms with Crippen molar-refractivity contribution in [2.24, 2.45) is 5.92 Å². The highest BCUT2D eigenvalue weighted by atomic mass is 16.6. The van der Waals surface area contributed by atoms with E-state index in [4.69, 9.17) is 9.47 Å². The first-order chi connectivity index (χ1) is 10.8. The van der Waals surface area contributed by atoms with Crippen molar-refractivity contribution in [1.29, 1.82) is 0 Å². The van der Waals surface area contributed by atoms with Crippen molar-refractivity contribution in [3.8, 4) is 0 Å². The molecule has 0 heterocycles. The Bertz CT molecular complexity index is 574. The van der Waals surface area contributed by atoms with E-state index < -0.39 is 11.7 Å². The van der Waals surface area contributed by atoms with Crippen molar-refractivity contribution in [1.82, 2.24) is 5.32 Å². The van der Waals surface area contributed by atoms with E-state index in [0.29, 0.717) is 6.42 Å². The molecule has 1 aliphatic rings. The average Bonchev–Trinajstić information content (AvgIpc) is 2.93. The summed E-state index contributed by atoms with van der Waals surface area (Å²) in [4.78, 5) is 23.8. The molecule has 124 valence electrons. The van der Waals surface area contributed by atoms with Gasteiger partial charge in [0.25, 0.3) is 0 Å². The Balaban J connectivity index is 1.74. The number of alkyl carbamates (subject to hydrolysis) is 1. The SMILES string of the molecule is CC(C)(C)OC(=O)[C@H]1C=C[C@H](NC(=O)OCc2ccccc2)C1. The molecule has 23 heavy (non-hydrogen) atoms. The zero-order valence-corrected chi connectivity index (χ0v) is 13.7. The summed E-state index contributed by atoms with van der Waals surface area (Å²) in [6.07, 6.45) is 3.58. The quantitative estimate of drug-likeness (QED) is 0.684. The van der Waals surface area contributed by atoms with Gasteiger partial charge in [-0.1, -0.05) is 42.5 Å². The first kappa shape index (κ1) is 17.1. The molecule has 1 aromatic carbocycles. The number of ether oxygens (including phenoxy) is 2. The number of hydrogen-bond acceptors (Lipinski definition) is 4. The maximum atomic E-state index is 12.0. The highest BCUT2D eigenvalue weighted by Gasteiger charge is 2.29. The van der Waals surface area contributed by atoms with Crippen molar-refractivity contribution in [2.75, 3.05) is 0 Å². The van der Waals surface area contributed by atoms with Crippen LogP contribution < -0.4 is 5.32 Å². The van der Waals surface area contributed by atoms with Gasteiger partial charge in [-0.05, 0) is 32.8 Å². The van der Waals surface area contributed by atoms with Crippen LogP contribution in [0.25, 0.3) is 0 Å². The van der Waals surface area contributed by atoms with Gasteiger partial charge in [0.15, 0.2) is 0 Å². The van der Waals surface area contributed by atoms with E-state index in [1.54, 1.807) is 12.2 Å². The largest absolute Gasteiger partial charge is 0.460 e. The molecule has 0 saturated heterocycles. The number of esters is 1. The van der Waals surface area contributed by atoms with Crippen LogP contribution in [-0.2, 0) is 20.9 Å². The number of nitrogens with one attached hydrogen (secondary N) is 1. The fourth-order valence-corrected chi connectivity index (χ4v) is 2.27. The summed E-state index contributed by atoms with van der Waals surface area (Å²) in [5.74, 6) is -0.593. The van der Waals surface area contributed by atoms with E-state index in [1.807, 2.05) is 51.1 Å². The van der Waals surface area contributed by atoms with E-state index in [2.05, 4.69) is 5.32 Å². The zero-order chi connectivity index (χ0) is 16.9. The van der Waals surface area contributed by atoms with Gasteiger partial charge in [0.1, 0.15) is 12.2 Å². The van der Waals surface area contributed by atoms with E-state index in [9.17, 15) is 9.59 Å². The van der Waals surface area contributed by atoms with Gasteiger partial charge in [-0.2, -0.15) is 0 Å². The molecule has 1 aliphatic carbocycles. The van der Waals surface area contributed by atoms with Gasteiger partial charge in [0.05, 0.1) is 12.0 Å². The molecule has 0 bridgehead atoms. The van der Waals surface area contributed by atoms with E-state index in [1.165, 1.54) is 0 Å². The lowest BCUT2D eigenvalue weighted by Crippen LogP contribution is -2.34. The summed E-state index contributed by atoms with van der Waals surface area (Å²) >= 11 is 0. The Morgan fingerprint density at radius 3 is 2.52 bits per heavy atom. The van der Waals surface area contributed by atoms with Crippen molar-refractivity contribution < 1.29 is 19.1 Å². The maximum Gasteiger partial charge on any atom is 0.407 e. The Morgan fingerprint density at radius 2 is 1.87 bits per heavy atom. The average molecular weight is 317 g/mol. The summed E-state index contributed by atoms with van der Waals surface area (Å²) in [5, 5.41) is 2.74. The van der Waals surface area contributed by atoms with Crippen LogP contribution in [0, 0.1) is 5.92 Å². The van der Waals surface area contributed by atoms with Crippen LogP contribution in [0.2, 0.25) is 0 Å². The molecule has 0 fully saturated rings. The van der Waals surface area contributed by atoms with E-state index in [-0.39, 0.29) is 24.5 Å². The van der Waals surface area contributed by atoms with Crippen LogP contribution >= 0.6 is 0 Å². The highest BCUT2D eigenvalue weighted by molar-refractivity contribution is 5.76. The molecular weight excluding hydrogens is 294 g/mol. The van der Waals surface area contributed by atoms with Crippen molar-refractivity contribution >= 4 is 12.1 Å². The van der Waals surface area contributed by atoms with Gasteiger partial charge in [-0.25, -0.2) is 4.79 Å². The molecule has 5 heteroatoms. The third-order valence-electron chi connectivity index (χ3n) is 3.31. The molecule has 5 nitrogen and oxygen atoms in total. The summed E-state index contributed by atoms with van der Waals surface area (Å²) in [5.41, 5.74) is 0.418. The van der Waals surface area contributed by atoms with Gasteiger partial charge in [-0.15, -0.1) is 0 Å². The molecule has 1 aromatic rings. The van der Waals surface area contributed by atoms with Crippen LogP contribution in [0.1, 0.15) is 32.8 Å². The lowest BCUT2D eigenvalue weighted by Gasteiger charge is -2.22. The molecule has 0 aliphatic heterocycles. The second-order valence-electron chi connectivity index (χ2n) is 6.57. The Kier molecular flexibility index (Phi) is 5.42. The maximum absolute atomic E-state index is 12.0. The molecule has 2 atom stereocenters. The smallest absolute Gasteiger partial charge is 0.407 e. The summed E-state index contributed by atoms with van der Waals surface area (Å²) in [6.45, 7) is 5.72. The molecule has 0 unspecified atom stereocenters. The molecule has 0 radical (unpaired) electrons. The fraction of sp³-hybridized carbons (Fsp3) is 0.444. The first-order valence-electron chi connectivity index (χ1n) is 7.72. The summed E-state index contributed by atoms with van der Waals surface area (Å²) in [6, 6.07) is 9.26. The van der Waals surface area contributed by atoms with Crippen molar-refractivity contribution in [3.05, 3.63) is 48.0 Å². The first-order valence-corrected chi connectivity index (χ1v) is 7.72. The van der Waals surface area contributed by atoms with E-state index >= 15 is 0 Å². The number of amides is 1. The van der Waals surface area contributed by atoms with Gasteiger partial charge in [-0.3, -0.25) is 4.79 Å². The van der Waals surface area contributed by atoms with Crippen molar-refractivity contribution in [2.45, 2.75) is 45.4 Å². The van der Waals surface area contributed by atoms with Gasteiger partial charge in [0.2, 0.25) is 0 Å². The Labute approximate surface area is 136 Å². The lowest BCUT2D eigenvalue weighted by molar-refractivity contribution is -0.158. The topological polar surface area (TPSA) is 64.6 Å². The summed E-state index contributed by atoms with van der Waals surface area (Å²) < 4.78 is 10.5. The number of hydrogen-bond donors (Lipinski definition) is 1. The van der Waals surface area contributed by atoms with Gasteiger partial charge >= 0.3 is 12.1 Å². The van der Waals surface area contributed by atoms with Crippen LogP contribution in [0.5, 0.6) is 0 Å². The third-order valence-corrected chi connectivity index (χ3v) is 3.31. The Hall–Kier alpha value is -2.30. The minimum absolute atomic E-state index is 0.212. The number of carbonyl (C=O) groups is 2. The predicted molar refractivity (Wildman–Crippen MR) is 86.6 cm³/mol. The highest BCUT2D eigenvalue weighted by Crippen LogP contribution is 2.22. The normalized spacial score (nSPS) is 20.1. The van der Waals surface area contributed by atoms with Crippen LogP contribution in [0.4, 0.5) is 4.79 Å². The summed E-state index contributed by atoms with van der Waals surface area (Å²) in [7, 11) is 0. The standard InChI is InChI=1S/C18H23NO4/c1-18(2,3)23-16(20)14-9-10-15(11-14)19-17(21)22-12-13-7-5-4-6-8-13/h4-10,14-15H,11-12H2,1-3H3,(H,19,21)/t14-,15-/m0/s1. The Morgan fingerprint density at radius 1 is 1.17 bits per heavy atom. The van der Waals surface area contributed by atoms with Crippen LogP contribution in [-0.4, -0.2) is 23.7 Å². The van der Waals surface area contributed by atoms with E-state index in [0.717, 1.165) is 5.56 Å². The second-order valence-corrected chi connectivity index (χ2v) is 6.57. The molecular formula is C18H23NO4. The third kappa shape index (κ3) is 5.77. The van der Waals surface area contributed by atoms with Gasteiger partial charge in [0, 0.05) is 0 Å². The fourth-order valence-electron chi connectivity index (χ4n) is 2.27. The number of benzene rings is 1. The molecule has 0 saturated carbocycles. The molecule has 1 N–H and O–H groups in total. The minimum atomic E-state index is -0.509. The minimum Gasteiger partial charge on any atom is -0.460 e. The van der Waals surface area contributed by atoms with Crippen LogP contribution in [0.3, 0.4) is 0 Å². The zero-order valence-electron chi connectivity index (χ0n) is 13.7. The monoisotopic (exact) mass is 317 g/mol. The number of rotatable bonds is 4. The molecule has 1 amide bonds. The predicted octanol–water partition coefficient (Wildman–Crippen LogP) is 3.20. The number of carbonyl (C=O) groups excluding carboxylic acids is 2. The lowest BCUT2D eigenvalue weighted by atomic mass is 10.1. The molecule has 0 aromatic heterocycles. The van der Waals surface area contributed by atoms with Crippen molar-refractivity contribution in [3.63, 3.8) is 0 Å². The van der Waals surface area contributed by atoms with Gasteiger partial charge < -0.3 is 14.8 Å². The molecule has 2 rings (SSSR count).